The third-order valence-electron chi connectivity index (χ3n) is 3.87. The van der Waals surface area contributed by atoms with Crippen LogP contribution in [0.4, 0.5) is 0 Å². The maximum absolute atomic E-state index is 11.7. The molecule has 0 atom stereocenters. The fraction of sp³-hybridized carbons (Fsp3) is 0.562. The van der Waals surface area contributed by atoms with Gasteiger partial charge in [0.05, 0.1) is 0 Å². The maximum atomic E-state index is 11.7. The lowest BCUT2D eigenvalue weighted by atomic mass is 9.87. The molecular weight excluding hydrogens is 238 g/mol. The van der Waals surface area contributed by atoms with Crippen LogP contribution in [0.25, 0.3) is 0 Å². The second-order valence-electron chi connectivity index (χ2n) is 6.45. The van der Waals surface area contributed by atoms with E-state index in [9.17, 15) is 4.79 Å². The lowest BCUT2D eigenvalue weighted by molar-refractivity contribution is -0.132. The van der Waals surface area contributed by atoms with E-state index >= 15 is 0 Å². The van der Waals surface area contributed by atoms with Gasteiger partial charge < -0.3 is 10.5 Å². The Morgan fingerprint density at radius 3 is 2.42 bits per heavy atom. The van der Waals surface area contributed by atoms with E-state index in [0.717, 1.165) is 31.4 Å². The Hall–Kier alpha value is -1.51. The molecule has 1 aromatic carbocycles. The molecule has 2 rings (SSSR count). The molecular formula is C16H23NO2. The van der Waals surface area contributed by atoms with Gasteiger partial charge in [0, 0.05) is 0 Å². The van der Waals surface area contributed by atoms with E-state index in [2.05, 4.69) is 26.8 Å². The Morgan fingerprint density at radius 2 is 1.89 bits per heavy atom. The van der Waals surface area contributed by atoms with E-state index in [-0.39, 0.29) is 11.3 Å². The number of nitrogens with two attached hydrogens (primary N) is 1. The zero-order chi connectivity index (χ0) is 14.1. The van der Waals surface area contributed by atoms with Crippen molar-refractivity contribution >= 4 is 5.91 Å². The smallest absolute Gasteiger partial charge is 0.261 e. The summed E-state index contributed by atoms with van der Waals surface area (Å²) in [5, 5.41) is 0. The Bertz CT molecular complexity index is 468. The molecule has 3 nitrogen and oxygen atoms in total. The minimum atomic E-state index is -0.795. The largest absolute Gasteiger partial charge is 0.477 e. The molecule has 0 heterocycles. The van der Waals surface area contributed by atoms with Gasteiger partial charge in [-0.2, -0.15) is 0 Å². The van der Waals surface area contributed by atoms with Crippen LogP contribution in [0.1, 0.15) is 52.0 Å². The number of carbonyl (C=O) groups excluding carboxylic acids is 1. The van der Waals surface area contributed by atoms with Crippen LogP contribution >= 0.6 is 0 Å². The highest BCUT2D eigenvalue weighted by molar-refractivity contribution is 5.84. The van der Waals surface area contributed by atoms with Gasteiger partial charge in [0.15, 0.2) is 5.60 Å². The van der Waals surface area contributed by atoms with Crippen molar-refractivity contribution < 1.29 is 9.53 Å². The molecule has 104 valence electrons. The zero-order valence-corrected chi connectivity index (χ0v) is 12.0. The first kappa shape index (κ1) is 13.9. The van der Waals surface area contributed by atoms with Crippen LogP contribution in [0.2, 0.25) is 0 Å². The minimum absolute atomic E-state index is 0.0644. The highest BCUT2D eigenvalue weighted by Crippen LogP contribution is 2.35. The van der Waals surface area contributed by atoms with Gasteiger partial charge in [0.25, 0.3) is 5.91 Å². The first-order valence-electron chi connectivity index (χ1n) is 6.93. The average molecular weight is 261 g/mol. The second-order valence-corrected chi connectivity index (χ2v) is 6.45. The van der Waals surface area contributed by atoms with E-state index in [1.807, 2.05) is 18.2 Å². The molecule has 0 unspecified atom stereocenters. The molecule has 1 fully saturated rings. The van der Waals surface area contributed by atoms with Gasteiger partial charge in [0.2, 0.25) is 0 Å². The molecule has 3 heteroatoms. The van der Waals surface area contributed by atoms with Gasteiger partial charge in [-0.3, -0.25) is 4.79 Å². The van der Waals surface area contributed by atoms with Crippen molar-refractivity contribution in [2.45, 2.75) is 57.5 Å². The zero-order valence-electron chi connectivity index (χ0n) is 12.0. The molecule has 0 aromatic heterocycles. The predicted octanol–water partition coefficient (Wildman–Crippen LogP) is 3.16. The summed E-state index contributed by atoms with van der Waals surface area (Å²) in [5.74, 6) is 0.402. The summed E-state index contributed by atoms with van der Waals surface area (Å²) in [4.78, 5) is 11.7. The molecule has 0 saturated heterocycles. The van der Waals surface area contributed by atoms with Crippen LogP contribution < -0.4 is 10.5 Å². The average Bonchev–Trinajstić information content (AvgIpc) is 2.78. The first-order chi connectivity index (χ1) is 8.83. The quantitative estimate of drug-likeness (QED) is 0.908. The van der Waals surface area contributed by atoms with Crippen molar-refractivity contribution in [2.75, 3.05) is 0 Å². The molecule has 0 aliphatic heterocycles. The lowest BCUT2D eigenvalue weighted by Crippen LogP contribution is -2.46. The number of amides is 1. The van der Waals surface area contributed by atoms with Crippen LogP contribution in [-0.4, -0.2) is 11.5 Å². The molecule has 1 aliphatic rings. The van der Waals surface area contributed by atoms with Crippen molar-refractivity contribution in [3.05, 3.63) is 29.8 Å². The highest BCUT2D eigenvalue weighted by atomic mass is 16.5. The Balaban J connectivity index is 2.25. The van der Waals surface area contributed by atoms with E-state index in [0.29, 0.717) is 0 Å². The summed E-state index contributed by atoms with van der Waals surface area (Å²) in [5.41, 5.74) is 6.01. The number of ether oxygens (including phenoxy) is 1. The fourth-order valence-electron chi connectivity index (χ4n) is 2.60. The molecule has 0 bridgehead atoms. The van der Waals surface area contributed by atoms with Crippen molar-refractivity contribution in [1.82, 2.24) is 0 Å². The van der Waals surface area contributed by atoms with Crippen molar-refractivity contribution in [2.24, 2.45) is 5.73 Å². The normalized spacial score (nSPS) is 18.3. The molecule has 1 aromatic rings. The summed E-state index contributed by atoms with van der Waals surface area (Å²) >= 11 is 0. The first-order valence-corrected chi connectivity index (χ1v) is 6.93. The fourth-order valence-corrected chi connectivity index (χ4v) is 2.60. The van der Waals surface area contributed by atoms with Gasteiger partial charge >= 0.3 is 0 Å². The summed E-state index contributed by atoms with van der Waals surface area (Å²) in [6, 6.07) is 7.97. The van der Waals surface area contributed by atoms with Gasteiger partial charge in [0.1, 0.15) is 5.75 Å². The van der Waals surface area contributed by atoms with Crippen LogP contribution in [0.3, 0.4) is 0 Å². The topological polar surface area (TPSA) is 52.3 Å². The number of benzene rings is 1. The third kappa shape index (κ3) is 2.91. The predicted molar refractivity (Wildman–Crippen MR) is 76.2 cm³/mol. The van der Waals surface area contributed by atoms with Crippen molar-refractivity contribution in [1.29, 1.82) is 0 Å². The van der Waals surface area contributed by atoms with Crippen LogP contribution in [0.15, 0.2) is 24.3 Å². The van der Waals surface area contributed by atoms with Gasteiger partial charge in [-0.1, -0.05) is 32.9 Å². The molecule has 0 radical (unpaired) electrons. The molecule has 1 amide bonds. The van der Waals surface area contributed by atoms with Crippen molar-refractivity contribution in [3.63, 3.8) is 0 Å². The summed E-state index contributed by atoms with van der Waals surface area (Å²) in [6.45, 7) is 6.47. The number of primary amides is 1. The highest BCUT2D eigenvalue weighted by Gasteiger charge is 2.42. The summed E-state index contributed by atoms with van der Waals surface area (Å²) in [6.07, 6.45) is 3.45. The van der Waals surface area contributed by atoms with Crippen LogP contribution in [-0.2, 0) is 10.2 Å². The monoisotopic (exact) mass is 261 g/mol. The third-order valence-corrected chi connectivity index (χ3v) is 3.87. The second kappa shape index (κ2) is 4.87. The van der Waals surface area contributed by atoms with E-state index < -0.39 is 5.60 Å². The van der Waals surface area contributed by atoms with Gasteiger partial charge in [-0.05, 0) is 48.8 Å². The maximum Gasteiger partial charge on any atom is 0.261 e. The van der Waals surface area contributed by atoms with E-state index in [1.165, 1.54) is 5.56 Å². The molecule has 2 N–H and O–H groups in total. The number of rotatable bonds is 3. The number of hydrogen-bond donors (Lipinski definition) is 1. The van der Waals surface area contributed by atoms with Gasteiger partial charge in [-0.25, -0.2) is 0 Å². The molecule has 1 aliphatic carbocycles. The number of hydrogen-bond acceptors (Lipinski definition) is 2. The van der Waals surface area contributed by atoms with Gasteiger partial charge in [-0.15, -0.1) is 0 Å². The van der Waals surface area contributed by atoms with E-state index in [4.69, 9.17) is 10.5 Å². The van der Waals surface area contributed by atoms with Crippen LogP contribution in [0, 0.1) is 0 Å². The Labute approximate surface area is 115 Å². The Morgan fingerprint density at radius 1 is 1.26 bits per heavy atom. The SMILES string of the molecule is CC(C)(C)c1cccc(OC2(C(N)=O)CCCC2)c1. The van der Waals surface area contributed by atoms with Crippen molar-refractivity contribution in [3.8, 4) is 5.75 Å². The van der Waals surface area contributed by atoms with Crippen LogP contribution in [0.5, 0.6) is 5.75 Å². The van der Waals surface area contributed by atoms with E-state index in [1.54, 1.807) is 0 Å². The number of carbonyl (C=O) groups is 1. The summed E-state index contributed by atoms with van der Waals surface area (Å²) < 4.78 is 5.99. The molecule has 19 heavy (non-hydrogen) atoms. The minimum Gasteiger partial charge on any atom is -0.477 e. The molecule has 0 spiro atoms. The Kier molecular flexibility index (Phi) is 3.57. The lowest BCUT2D eigenvalue weighted by Gasteiger charge is -2.28. The summed E-state index contributed by atoms with van der Waals surface area (Å²) in [7, 11) is 0. The standard InChI is InChI=1S/C16H23NO2/c1-15(2,3)12-7-6-8-13(11-12)19-16(14(17)18)9-4-5-10-16/h6-8,11H,4-5,9-10H2,1-3H3,(H2,17,18). The molecule has 1 saturated carbocycles.